The van der Waals surface area contributed by atoms with Gasteiger partial charge >= 0.3 is 0 Å². The Hall–Kier alpha value is -2.91. The van der Waals surface area contributed by atoms with Crippen LogP contribution in [0.25, 0.3) is 0 Å². The lowest BCUT2D eigenvalue weighted by atomic mass is 9.64. The molecule has 1 aliphatic rings. The smallest absolute Gasteiger partial charge is 0.232 e. The zero-order valence-electron chi connectivity index (χ0n) is 17.4. The number of nitrogens with zero attached hydrogens (tertiary/aromatic N) is 1. The number of likely N-dealkylation sites (tertiary alicyclic amines) is 1. The molecule has 1 saturated heterocycles. The minimum atomic E-state index is -0.795. The van der Waals surface area contributed by atoms with Crippen LogP contribution in [0.1, 0.15) is 29.5 Å². The number of amides is 1. The maximum atomic E-state index is 13.1. The summed E-state index contributed by atoms with van der Waals surface area (Å²) in [5.41, 5.74) is 8.77. The molecule has 3 aromatic carbocycles. The number of primary amides is 1. The fourth-order valence-corrected chi connectivity index (χ4v) is 5.07. The van der Waals surface area contributed by atoms with Crippen molar-refractivity contribution in [2.24, 2.45) is 11.7 Å². The minimum Gasteiger partial charge on any atom is -0.369 e. The first-order valence-electron chi connectivity index (χ1n) is 10.9. The van der Waals surface area contributed by atoms with Crippen LogP contribution in [0.2, 0.25) is 0 Å². The Balaban J connectivity index is 1.56. The highest BCUT2D eigenvalue weighted by atomic mass is 16.1. The molecule has 2 N–H and O–H groups in total. The van der Waals surface area contributed by atoms with E-state index in [2.05, 4.69) is 59.5 Å². The number of hydrogen-bond donors (Lipinski definition) is 1. The van der Waals surface area contributed by atoms with Crippen LogP contribution in [0.15, 0.2) is 91.0 Å². The van der Waals surface area contributed by atoms with Crippen molar-refractivity contribution in [1.29, 1.82) is 0 Å². The summed E-state index contributed by atoms with van der Waals surface area (Å²) < 4.78 is 0. The van der Waals surface area contributed by atoms with Crippen molar-refractivity contribution in [2.75, 3.05) is 19.6 Å². The van der Waals surface area contributed by atoms with E-state index in [1.807, 2.05) is 36.4 Å². The third-order valence-corrected chi connectivity index (χ3v) is 6.51. The molecular formula is C27H30N2O. The standard InChI is InChI=1S/C27H30N2O/c28-26(30)27(23-14-6-2-7-15-23,24-16-8-3-9-17-24)25-18-20-29(21-25)19-10-13-22-11-4-1-5-12-22/h1-9,11-12,14-17,25H,10,13,18-21H2,(H2,28,30). The highest BCUT2D eigenvalue weighted by Gasteiger charge is 2.49. The van der Waals surface area contributed by atoms with E-state index in [4.69, 9.17) is 5.73 Å². The van der Waals surface area contributed by atoms with Crippen molar-refractivity contribution in [3.05, 3.63) is 108 Å². The number of rotatable bonds is 8. The van der Waals surface area contributed by atoms with Gasteiger partial charge in [-0.25, -0.2) is 0 Å². The quantitative estimate of drug-likeness (QED) is 0.611. The third-order valence-electron chi connectivity index (χ3n) is 6.51. The van der Waals surface area contributed by atoms with E-state index in [-0.39, 0.29) is 11.8 Å². The summed E-state index contributed by atoms with van der Waals surface area (Å²) in [6.07, 6.45) is 3.18. The molecule has 1 heterocycles. The molecule has 154 valence electrons. The monoisotopic (exact) mass is 398 g/mol. The van der Waals surface area contributed by atoms with Crippen LogP contribution < -0.4 is 5.73 Å². The van der Waals surface area contributed by atoms with Gasteiger partial charge in [0, 0.05) is 6.54 Å². The van der Waals surface area contributed by atoms with Gasteiger partial charge in [0.2, 0.25) is 5.91 Å². The normalized spacial score (nSPS) is 17.1. The van der Waals surface area contributed by atoms with Gasteiger partial charge in [-0.1, -0.05) is 91.0 Å². The second kappa shape index (κ2) is 9.27. The van der Waals surface area contributed by atoms with Gasteiger partial charge in [-0.05, 0) is 55.0 Å². The molecule has 1 fully saturated rings. The Morgan fingerprint density at radius 3 is 1.93 bits per heavy atom. The van der Waals surface area contributed by atoms with Gasteiger partial charge in [-0.2, -0.15) is 0 Å². The van der Waals surface area contributed by atoms with Crippen LogP contribution >= 0.6 is 0 Å². The SMILES string of the molecule is NC(=O)C(c1ccccc1)(c1ccccc1)C1CCN(CCCc2ccccc2)C1. The predicted molar refractivity (Wildman–Crippen MR) is 122 cm³/mol. The maximum absolute atomic E-state index is 13.1. The molecule has 4 rings (SSSR count). The molecular weight excluding hydrogens is 368 g/mol. The summed E-state index contributed by atoms with van der Waals surface area (Å²) >= 11 is 0. The lowest BCUT2D eigenvalue weighted by molar-refractivity contribution is -0.123. The van der Waals surface area contributed by atoms with Crippen LogP contribution in [0.4, 0.5) is 0 Å². The summed E-state index contributed by atoms with van der Waals surface area (Å²) in [5.74, 6) is -0.0902. The third kappa shape index (κ3) is 4.03. The summed E-state index contributed by atoms with van der Waals surface area (Å²) in [6.45, 7) is 2.94. The van der Waals surface area contributed by atoms with Crippen LogP contribution in [-0.2, 0) is 16.6 Å². The van der Waals surface area contributed by atoms with Crippen molar-refractivity contribution in [3.8, 4) is 0 Å². The molecule has 0 aromatic heterocycles. The number of aryl methyl sites for hydroxylation is 1. The van der Waals surface area contributed by atoms with Gasteiger partial charge in [0.05, 0.1) is 0 Å². The predicted octanol–water partition coefficient (Wildman–Crippen LogP) is 4.41. The Morgan fingerprint density at radius 1 is 0.867 bits per heavy atom. The number of nitrogens with two attached hydrogens (primary N) is 1. The summed E-state index contributed by atoms with van der Waals surface area (Å²) in [4.78, 5) is 15.6. The molecule has 0 aliphatic carbocycles. The van der Waals surface area contributed by atoms with E-state index in [0.717, 1.165) is 50.0 Å². The highest BCUT2D eigenvalue weighted by Crippen LogP contribution is 2.43. The molecule has 30 heavy (non-hydrogen) atoms. The van der Waals surface area contributed by atoms with Crippen molar-refractivity contribution >= 4 is 5.91 Å². The first-order valence-corrected chi connectivity index (χ1v) is 10.9. The van der Waals surface area contributed by atoms with Crippen LogP contribution in [0, 0.1) is 5.92 Å². The second-order valence-corrected chi connectivity index (χ2v) is 8.28. The molecule has 0 spiro atoms. The van der Waals surface area contributed by atoms with Gasteiger partial charge in [0.15, 0.2) is 0 Å². The van der Waals surface area contributed by atoms with Crippen LogP contribution in [0.3, 0.4) is 0 Å². The van der Waals surface area contributed by atoms with Crippen LogP contribution in [0.5, 0.6) is 0 Å². The molecule has 1 aliphatic heterocycles. The topological polar surface area (TPSA) is 46.3 Å². The molecule has 3 nitrogen and oxygen atoms in total. The fraction of sp³-hybridized carbons (Fsp3) is 0.296. The van der Waals surface area contributed by atoms with E-state index < -0.39 is 5.41 Å². The number of hydrogen-bond acceptors (Lipinski definition) is 2. The van der Waals surface area contributed by atoms with Crippen LogP contribution in [-0.4, -0.2) is 30.4 Å². The van der Waals surface area contributed by atoms with E-state index in [1.165, 1.54) is 5.56 Å². The molecule has 1 amide bonds. The first kappa shape index (κ1) is 20.4. The van der Waals surface area contributed by atoms with Gasteiger partial charge in [-0.3, -0.25) is 4.79 Å². The molecule has 1 atom stereocenters. The Labute approximate surface area is 179 Å². The van der Waals surface area contributed by atoms with Crippen molar-refractivity contribution in [1.82, 2.24) is 4.90 Å². The molecule has 3 aromatic rings. The van der Waals surface area contributed by atoms with E-state index in [1.54, 1.807) is 0 Å². The van der Waals surface area contributed by atoms with Crippen molar-refractivity contribution in [3.63, 3.8) is 0 Å². The van der Waals surface area contributed by atoms with E-state index in [0.29, 0.717) is 0 Å². The highest BCUT2D eigenvalue weighted by molar-refractivity contribution is 5.91. The molecule has 0 saturated carbocycles. The number of carbonyl (C=O) groups is 1. The van der Waals surface area contributed by atoms with E-state index >= 15 is 0 Å². The molecule has 1 unspecified atom stereocenters. The maximum Gasteiger partial charge on any atom is 0.232 e. The molecule has 0 bridgehead atoms. The second-order valence-electron chi connectivity index (χ2n) is 8.28. The zero-order valence-corrected chi connectivity index (χ0v) is 17.4. The number of carbonyl (C=O) groups excluding carboxylic acids is 1. The summed E-state index contributed by atoms with van der Waals surface area (Å²) in [7, 11) is 0. The average molecular weight is 399 g/mol. The van der Waals surface area contributed by atoms with Gasteiger partial charge in [0.1, 0.15) is 5.41 Å². The average Bonchev–Trinajstić information content (AvgIpc) is 3.25. The van der Waals surface area contributed by atoms with Gasteiger partial charge < -0.3 is 10.6 Å². The summed E-state index contributed by atoms with van der Waals surface area (Å²) in [6, 6.07) is 30.8. The fourth-order valence-electron chi connectivity index (χ4n) is 5.07. The van der Waals surface area contributed by atoms with Crippen molar-refractivity contribution < 1.29 is 4.79 Å². The zero-order chi connectivity index (χ0) is 20.8. The number of benzene rings is 3. The Kier molecular flexibility index (Phi) is 6.29. The van der Waals surface area contributed by atoms with Gasteiger partial charge in [-0.15, -0.1) is 0 Å². The minimum absolute atomic E-state index is 0.163. The molecule has 3 heteroatoms. The Bertz CT molecular complexity index is 901. The van der Waals surface area contributed by atoms with Crippen molar-refractivity contribution in [2.45, 2.75) is 24.7 Å². The first-order chi connectivity index (χ1) is 14.7. The lowest BCUT2D eigenvalue weighted by Crippen LogP contribution is -2.49. The molecule has 0 radical (unpaired) electrons. The summed E-state index contributed by atoms with van der Waals surface area (Å²) in [5, 5.41) is 0. The largest absolute Gasteiger partial charge is 0.369 e. The Morgan fingerprint density at radius 2 is 1.40 bits per heavy atom. The lowest BCUT2D eigenvalue weighted by Gasteiger charge is -2.37. The van der Waals surface area contributed by atoms with E-state index in [9.17, 15) is 4.79 Å². The van der Waals surface area contributed by atoms with Gasteiger partial charge in [0.25, 0.3) is 0 Å².